The molecular weight excluding hydrogens is 350 g/mol. The van der Waals surface area contributed by atoms with Gasteiger partial charge in [-0.2, -0.15) is 0 Å². The number of carboxylic acids is 1. The van der Waals surface area contributed by atoms with Crippen LogP contribution in [0.3, 0.4) is 0 Å². The predicted molar refractivity (Wildman–Crippen MR) is 98.8 cm³/mol. The molecular formula is C20H21NO6. The van der Waals surface area contributed by atoms with E-state index in [1.54, 1.807) is 24.3 Å². The Bertz CT molecular complexity index is 829. The van der Waals surface area contributed by atoms with Crippen molar-refractivity contribution in [3.05, 3.63) is 53.6 Å². The van der Waals surface area contributed by atoms with Crippen LogP contribution in [0.25, 0.3) is 0 Å². The minimum atomic E-state index is -1.10. The van der Waals surface area contributed by atoms with Gasteiger partial charge in [0.25, 0.3) is 5.91 Å². The Morgan fingerprint density at radius 1 is 1.26 bits per heavy atom. The first-order valence-electron chi connectivity index (χ1n) is 8.64. The van der Waals surface area contributed by atoms with Gasteiger partial charge in [0.15, 0.2) is 0 Å². The predicted octanol–water partition coefficient (Wildman–Crippen LogP) is 3.20. The molecule has 1 amide bonds. The second-order valence-corrected chi connectivity index (χ2v) is 6.15. The first-order chi connectivity index (χ1) is 13.1. The van der Waals surface area contributed by atoms with Crippen molar-refractivity contribution in [1.29, 1.82) is 0 Å². The highest BCUT2D eigenvalue weighted by molar-refractivity contribution is 6.05. The lowest BCUT2D eigenvalue weighted by Gasteiger charge is -2.13. The molecule has 1 atom stereocenters. The summed E-state index contributed by atoms with van der Waals surface area (Å²) in [5.74, 6) is -0.658. The smallest absolute Gasteiger partial charge is 0.339 e. The zero-order valence-electron chi connectivity index (χ0n) is 14.9. The van der Waals surface area contributed by atoms with E-state index in [-0.39, 0.29) is 23.3 Å². The van der Waals surface area contributed by atoms with Gasteiger partial charge in [0.1, 0.15) is 23.7 Å². The SMILES string of the molecule is COc1cc(NC(=O)c2cccc(OCC3CCCO3)c2)ccc1C(=O)O. The molecule has 1 unspecified atom stereocenters. The number of carbonyl (C=O) groups excluding carboxylic acids is 1. The molecule has 0 radical (unpaired) electrons. The normalized spacial score (nSPS) is 16.0. The minimum absolute atomic E-state index is 0.0278. The standard InChI is InChI=1S/C20H21NO6/c1-25-18-11-14(7-8-17(18)20(23)24)21-19(22)13-4-2-5-15(10-13)27-12-16-6-3-9-26-16/h2,4-5,7-8,10-11,16H,3,6,9,12H2,1H3,(H,21,22)(H,23,24). The fourth-order valence-corrected chi connectivity index (χ4v) is 2.84. The van der Waals surface area contributed by atoms with Gasteiger partial charge in [0, 0.05) is 23.9 Å². The second-order valence-electron chi connectivity index (χ2n) is 6.15. The summed E-state index contributed by atoms with van der Waals surface area (Å²) in [6, 6.07) is 11.2. The summed E-state index contributed by atoms with van der Waals surface area (Å²) in [6.07, 6.45) is 2.12. The molecule has 27 heavy (non-hydrogen) atoms. The van der Waals surface area contributed by atoms with Crippen molar-refractivity contribution in [1.82, 2.24) is 0 Å². The lowest BCUT2D eigenvalue weighted by Crippen LogP contribution is -2.17. The van der Waals surface area contributed by atoms with Crippen LogP contribution in [-0.4, -0.2) is 43.4 Å². The maximum atomic E-state index is 12.5. The third-order valence-electron chi connectivity index (χ3n) is 4.25. The Morgan fingerprint density at radius 2 is 2.11 bits per heavy atom. The lowest BCUT2D eigenvalue weighted by atomic mass is 10.1. The van der Waals surface area contributed by atoms with E-state index in [0.717, 1.165) is 19.4 Å². The summed E-state index contributed by atoms with van der Waals surface area (Å²) >= 11 is 0. The summed E-state index contributed by atoms with van der Waals surface area (Å²) < 4.78 is 16.3. The van der Waals surface area contributed by atoms with E-state index in [2.05, 4.69) is 5.32 Å². The highest BCUT2D eigenvalue weighted by atomic mass is 16.5. The average molecular weight is 371 g/mol. The van der Waals surface area contributed by atoms with Crippen molar-refractivity contribution in [2.45, 2.75) is 18.9 Å². The molecule has 1 fully saturated rings. The van der Waals surface area contributed by atoms with E-state index in [1.807, 2.05) is 0 Å². The maximum Gasteiger partial charge on any atom is 0.339 e. The second kappa shape index (κ2) is 8.55. The van der Waals surface area contributed by atoms with Crippen molar-refractivity contribution in [2.24, 2.45) is 0 Å². The zero-order valence-corrected chi connectivity index (χ0v) is 14.9. The van der Waals surface area contributed by atoms with Gasteiger partial charge in [-0.3, -0.25) is 4.79 Å². The van der Waals surface area contributed by atoms with Crippen LogP contribution >= 0.6 is 0 Å². The van der Waals surface area contributed by atoms with Crippen LogP contribution in [0.1, 0.15) is 33.6 Å². The number of rotatable bonds is 7. The first kappa shape index (κ1) is 18.7. The molecule has 1 saturated heterocycles. The number of methoxy groups -OCH3 is 1. The molecule has 2 aromatic rings. The van der Waals surface area contributed by atoms with Gasteiger partial charge < -0.3 is 24.6 Å². The Morgan fingerprint density at radius 3 is 2.81 bits per heavy atom. The molecule has 7 nitrogen and oxygen atoms in total. The largest absolute Gasteiger partial charge is 0.496 e. The zero-order chi connectivity index (χ0) is 19.2. The average Bonchev–Trinajstić information content (AvgIpc) is 3.20. The number of benzene rings is 2. The minimum Gasteiger partial charge on any atom is -0.496 e. The van der Waals surface area contributed by atoms with E-state index in [1.165, 1.54) is 25.3 Å². The van der Waals surface area contributed by atoms with Gasteiger partial charge >= 0.3 is 5.97 Å². The van der Waals surface area contributed by atoms with Crippen LogP contribution in [0.4, 0.5) is 5.69 Å². The summed E-state index contributed by atoms with van der Waals surface area (Å²) in [6.45, 7) is 1.22. The van der Waals surface area contributed by atoms with Crippen molar-refractivity contribution in [3.63, 3.8) is 0 Å². The van der Waals surface area contributed by atoms with Gasteiger partial charge in [-0.1, -0.05) is 6.07 Å². The Kier molecular flexibility index (Phi) is 5.93. The molecule has 2 aromatic carbocycles. The van der Waals surface area contributed by atoms with Crippen LogP contribution in [-0.2, 0) is 4.74 Å². The monoisotopic (exact) mass is 371 g/mol. The maximum absolute atomic E-state index is 12.5. The van der Waals surface area contributed by atoms with Gasteiger partial charge in [0.2, 0.25) is 0 Å². The molecule has 142 valence electrons. The van der Waals surface area contributed by atoms with Gasteiger partial charge in [-0.15, -0.1) is 0 Å². The molecule has 0 aromatic heterocycles. The molecule has 1 aliphatic rings. The molecule has 2 N–H and O–H groups in total. The van der Waals surface area contributed by atoms with Crippen LogP contribution in [0.5, 0.6) is 11.5 Å². The van der Waals surface area contributed by atoms with Crippen molar-refractivity contribution >= 4 is 17.6 Å². The number of amides is 1. The third-order valence-corrected chi connectivity index (χ3v) is 4.25. The number of ether oxygens (including phenoxy) is 3. The van der Waals surface area contributed by atoms with Gasteiger partial charge in [0.05, 0.1) is 13.2 Å². The number of carboxylic acid groups (broad SMARTS) is 1. The van der Waals surface area contributed by atoms with E-state index in [0.29, 0.717) is 23.6 Å². The van der Waals surface area contributed by atoms with E-state index in [4.69, 9.17) is 19.3 Å². The summed E-state index contributed by atoms with van der Waals surface area (Å²) in [5, 5.41) is 11.8. The van der Waals surface area contributed by atoms with Crippen molar-refractivity contribution in [3.8, 4) is 11.5 Å². The summed E-state index contributed by atoms with van der Waals surface area (Å²) in [5.41, 5.74) is 0.897. The number of anilines is 1. The summed E-state index contributed by atoms with van der Waals surface area (Å²) in [4.78, 5) is 23.6. The fraction of sp³-hybridized carbons (Fsp3) is 0.300. The number of hydrogen-bond acceptors (Lipinski definition) is 5. The topological polar surface area (TPSA) is 94.1 Å². The highest BCUT2D eigenvalue weighted by Gasteiger charge is 2.17. The molecule has 7 heteroatoms. The quantitative estimate of drug-likeness (QED) is 0.776. The molecule has 3 rings (SSSR count). The lowest BCUT2D eigenvalue weighted by molar-refractivity contribution is 0.0679. The number of carbonyl (C=O) groups is 2. The molecule has 0 spiro atoms. The Balaban J connectivity index is 1.67. The van der Waals surface area contributed by atoms with Crippen LogP contribution in [0.15, 0.2) is 42.5 Å². The molecule has 0 aliphatic carbocycles. The van der Waals surface area contributed by atoms with Crippen LogP contribution < -0.4 is 14.8 Å². The Labute approximate surface area is 156 Å². The first-order valence-corrected chi connectivity index (χ1v) is 8.64. The molecule has 1 aliphatic heterocycles. The summed E-state index contributed by atoms with van der Waals surface area (Å²) in [7, 11) is 1.38. The molecule has 0 saturated carbocycles. The number of aromatic carboxylic acids is 1. The third kappa shape index (κ3) is 4.77. The van der Waals surface area contributed by atoms with Crippen LogP contribution in [0.2, 0.25) is 0 Å². The Hall–Kier alpha value is -3.06. The van der Waals surface area contributed by atoms with Crippen molar-refractivity contribution < 1.29 is 28.9 Å². The molecule has 0 bridgehead atoms. The van der Waals surface area contributed by atoms with E-state index in [9.17, 15) is 9.59 Å². The fourth-order valence-electron chi connectivity index (χ4n) is 2.84. The van der Waals surface area contributed by atoms with E-state index >= 15 is 0 Å². The van der Waals surface area contributed by atoms with Gasteiger partial charge in [-0.05, 0) is 43.2 Å². The number of hydrogen-bond donors (Lipinski definition) is 2. The van der Waals surface area contributed by atoms with E-state index < -0.39 is 5.97 Å². The molecule has 1 heterocycles. The highest BCUT2D eigenvalue weighted by Crippen LogP contribution is 2.24. The van der Waals surface area contributed by atoms with Crippen molar-refractivity contribution in [2.75, 3.05) is 25.6 Å². The van der Waals surface area contributed by atoms with Gasteiger partial charge in [-0.25, -0.2) is 4.79 Å². The number of nitrogens with one attached hydrogen (secondary N) is 1. The van der Waals surface area contributed by atoms with Crippen LogP contribution in [0, 0.1) is 0 Å².